The molecule has 1 aromatic carbocycles. The smallest absolute Gasteiger partial charge is 0.322 e. The molecule has 2 aliphatic rings. The predicted molar refractivity (Wildman–Crippen MR) is 106 cm³/mol. The van der Waals surface area contributed by atoms with E-state index in [1.54, 1.807) is 17.9 Å². The molecule has 2 atom stereocenters. The number of anilines is 1. The van der Waals surface area contributed by atoms with Crippen LogP contribution in [0.15, 0.2) is 12.1 Å². The van der Waals surface area contributed by atoms with Crippen molar-refractivity contribution in [2.24, 2.45) is 0 Å². The van der Waals surface area contributed by atoms with Gasteiger partial charge in [0.15, 0.2) is 0 Å². The van der Waals surface area contributed by atoms with Gasteiger partial charge in [-0.05, 0) is 26.3 Å². The molecular weight excluding hydrogens is 403 g/mol. The van der Waals surface area contributed by atoms with E-state index in [1.807, 2.05) is 11.8 Å². The summed E-state index contributed by atoms with van der Waals surface area (Å²) >= 11 is 5.90. The van der Waals surface area contributed by atoms with Crippen LogP contribution >= 0.6 is 11.6 Å². The topological polar surface area (TPSA) is 91.0 Å². The zero-order valence-corrected chi connectivity index (χ0v) is 17.3. The van der Waals surface area contributed by atoms with Crippen LogP contribution in [-0.4, -0.2) is 61.1 Å². The fraction of sp³-hybridized carbons (Fsp3) is 0.526. The van der Waals surface area contributed by atoms with Crippen molar-refractivity contribution in [1.82, 2.24) is 15.5 Å². The Kier molecular flexibility index (Phi) is 5.88. The number of piperazine rings is 1. The molecule has 4 amide bonds. The highest BCUT2D eigenvalue weighted by Crippen LogP contribution is 2.34. The number of ether oxygens (including phenoxy) is 1. The van der Waals surface area contributed by atoms with Crippen LogP contribution in [0.25, 0.3) is 0 Å². The number of halogens is 2. The van der Waals surface area contributed by atoms with Crippen LogP contribution in [-0.2, 0) is 9.59 Å². The summed E-state index contributed by atoms with van der Waals surface area (Å²) in [6.45, 7) is 4.99. The predicted octanol–water partition coefficient (Wildman–Crippen LogP) is 1.90. The minimum Gasteiger partial charge on any atom is -0.495 e. The van der Waals surface area contributed by atoms with E-state index in [4.69, 9.17) is 16.3 Å². The Morgan fingerprint density at radius 2 is 2.10 bits per heavy atom. The number of hydrogen-bond donors (Lipinski definition) is 2. The summed E-state index contributed by atoms with van der Waals surface area (Å²) in [6, 6.07) is 2.45. The van der Waals surface area contributed by atoms with Crippen LogP contribution in [0.2, 0.25) is 5.02 Å². The lowest BCUT2D eigenvalue weighted by molar-refractivity contribution is -0.132. The second-order valence-electron chi connectivity index (χ2n) is 7.57. The number of carbonyl (C=O) groups excluding carboxylic acids is 3. The molecule has 0 spiro atoms. The van der Waals surface area contributed by atoms with Gasteiger partial charge in [0.1, 0.15) is 22.1 Å². The van der Waals surface area contributed by atoms with Crippen molar-refractivity contribution in [3.63, 3.8) is 0 Å². The number of hydrogen-bond acceptors (Lipinski definition) is 5. The SMILES string of the molecule is COc1cc(N2CCN(C(=O)CCC3(C)NC(=O)NC3=O)C[C@@H]2C)cc(F)c1Cl. The van der Waals surface area contributed by atoms with Crippen LogP contribution in [0.3, 0.4) is 0 Å². The molecule has 158 valence electrons. The highest BCUT2D eigenvalue weighted by Gasteiger charge is 2.42. The molecule has 2 heterocycles. The number of imide groups is 1. The van der Waals surface area contributed by atoms with Crippen molar-refractivity contribution in [2.75, 3.05) is 31.6 Å². The normalized spacial score (nSPS) is 24.4. The first kappa shape index (κ1) is 21.2. The van der Waals surface area contributed by atoms with Crippen molar-refractivity contribution in [2.45, 2.75) is 38.3 Å². The number of methoxy groups -OCH3 is 1. The third kappa shape index (κ3) is 4.24. The molecule has 8 nitrogen and oxygen atoms in total. The number of carbonyl (C=O) groups is 3. The maximum Gasteiger partial charge on any atom is 0.322 e. The molecule has 1 unspecified atom stereocenters. The standard InChI is InChI=1S/C19H24ClFN4O4/c1-11-10-24(15(26)4-5-19(2)17(27)22-18(28)23-19)6-7-25(11)12-8-13(21)16(20)14(9-12)29-3/h8-9,11H,4-7,10H2,1-3H3,(H2,22,23,27,28)/t11-,19?/m0/s1. The molecule has 1 aromatic rings. The first-order valence-electron chi connectivity index (χ1n) is 9.35. The third-order valence-electron chi connectivity index (χ3n) is 5.47. The van der Waals surface area contributed by atoms with Gasteiger partial charge in [0.25, 0.3) is 5.91 Å². The molecule has 2 fully saturated rings. The Bertz CT molecular complexity index is 852. The number of urea groups is 1. The van der Waals surface area contributed by atoms with Crippen molar-refractivity contribution in [3.05, 3.63) is 23.0 Å². The zero-order valence-electron chi connectivity index (χ0n) is 16.6. The molecule has 29 heavy (non-hydrogen) atoms. The number of nitrogens with one attached hydrogen (secondary N) is 2. The van der Waals surface area contributed by atoms with E-state index in [2.05, 4.69) is 10.6 Å². The van der Waals surface area contributed by atoms with Crippen molar-refractivity contribution < 1.29 is 23.5 Å². The minimum atomic E-state index is -1.07. The van der Waals surface area contributed by atoms with Crippen LogP contribution < -0.4 is 20.3 Å². The fourth-order valence-electron chi connectivity index (χ4n) is 3.70. The molecule has 0 radical (unpaired) electrons. The Morgan fingerprint density at radius 3 is 2.69 bits per heavy atom. The lowest BCUT2D eigenvalue weighted by Gasteiger charge is -2.41. The molecule has 0 aromatic heterocycles. The van der Waals surface area contributed by atoms with E-state index in [-0.39, 0.29) is 35.6 Å². The number of amides is 4. The lowest BCUT2D eigenvalue weighted by atomic mass is 9.95. The summed E-state index contributed by atoms with van der Waals surface area (Å²) in [5.41, 5.74) is -0.432. The summed E-state index contributed by atoms with van der Waals surface area (Å²) in [6.07, 6.45) is 0.359. The highest BCUT2D eigenvalue weighted by molar-refractivity contribution is 6.32. The summed E-state index contributed by atoms with van der Waals surface area (Å²) in [7, 11) is 1.43. The van der Waals surface area contributed by atoms with Crippen molar-refractivity contribution >= 4 is 35.1 Å². The van der Waals surface area contributed by atoms with Gasteiger partial charge in [-0.15, -0.1) is 0 Å². The molecule has 3 rings (SSSR count). The van der Waals surface area contributed by atoms with E-state index in [0.29, 0.717) is 25.3 Å². The number of nitrogens with zero attached hydrogens (tertiary/aromatic N) is 2. The minimum absolute atomic E-state index is 0.0527. The number of benzene rings is 1. The van der Waals surface area contributed by atoms with E-state index in [0.717, 1.165) is 0 Å². The van der Waals surface area contributed by atoms with Gasteiger partial charge in [-0.2, -0.15) is 0 Å². The third-order valence-corrected chi connectivity index (χ3v) is 5.83. The Morgan fingerprint density at radius 1 is 1.38 bits per heavy atom. The van der Waals surface area contributed by atoms with Gasteiger partial charge >= 0.3 is 6.03 Å². The molecule has 0 aliphatic carbocycles. The Labute approximate surface area is 173 Å². The number of rotatable bonds is 5. The molecule has 2 N–H and O–H groups in total. The molecule has 0 bridgehead atoms. The first-order chi connectivity index (χ1) is 13.6. The molecule has 10 heteroatoms. The Balaban J connectivity index is 1.61. The van der Waals surface area contributed by atoms with Gasteiger partial charge in [0.2, 0.25) is 5.91 Å². The Hall–Kier alpha value is -2.55. The average molecular weight is 427 g/mol. The van der Waals surface area contributed by atoms with Gasteiger partial charge in [0, 0.05) is 43.9 Å². The monoisotopic (exact) mass is 426 g/mol. The quantitative estimate of drug-likeness (QED) is 0.702. The van der Waals surface area contributed by atoms with Gasteiger partial charge in [-0.25, -0.2) is 9.18 Å². The second kappa shape index (κ2) is 8.06. The molecule has 0 saturated carbocycles. The summed E-state index contributed by atoms with van der Waals surface area (Å²) in [5.74, 6) is -0.812. The summed E-state index contributed by atoms with van der Waals surface area (Å²) < 4.78 is 19.2. The molecular formula is C19H24ClFN4O4. The van der Waals surface area contributed by atoms with Gasteiger partial charge in [0.05, 0.1) is 7.11 Å². The van der Waals surface area contributed by atoms with E-state index in [9.17, 15) is 18.8 Å². The van der Waals surface area contributed by atoms with Crippen LogP contribution in [0.4, 0.5) is 14.9 Å². The second-order valence-corrected chi connectivity index (χ2v) is 7.94. The van der Waals surface area contributed by atoms with Crippen LogP contribution in [0.5, 0.6) is 5.75 Å². The maximum absolute atomic E-state index is 14.1. The van der Waals surface area contributed by atoms with E-state index < -0.39 is 23.3 Å². The first-order valence-corrected chi connectivity index (χ1v) is 9.73. The lowest BCUT2D eigenvalue weighted by Crippen LogP contribution is -2.54. The molecule has 2 aliphatic heterocycles. The van der Waals surface area contributed by atoms with Crippen molar-refractivity contribution in [3.8, 4) is 5.75 Å². The van der Waals surface area contributed by atoms with E-state index in [1.165, 1.54) is 13.2 Å². The van der Waals surface area contributed by atoms with Crippen LogP contribution in [0.1, 0.15) is 26.7 Å². The summed E-state index contributed by atoms with van der Waals surface area (Å²) in [4.78, 5) is 39.6. The van der Waals surface area contributed by atoms with E-state index >= 15 is 0 Å². The highest BCUT2D eigenvalue weighted by atomic mass is 35.5. The molecule has 2 saturated heterocycles. The maximum atomic E-state index is 14.1. The summed E-state index contributed by atoms with van der Waals surface area (Å²) in [5, 5.41) is 4.69. The largest absolute Gasteiger partial charge is 0.495 e. The van der Waals surface area contributed by atoms with Crippen molar-refractivity contribution in [1.29, 1.82) is 0 Å². The average Bonchev–Trinajstić information content (AvgIpc) is 2.93. The van der Waals surface area contributed by atoms with Gasteiger partial charge < -0.3 is 19.9 Å². The van der Waals surface area contributed by atoms with Gasteiger partial charge in [-0.1, -0.05) is 11.6 Å². The van der Waals surface area contributed by atoms with Gasteiger partial charge in [-0.3, -0.25) is 14.9 Å². The zero-order chi connectivity index (χ0) is 21.3. The van der Waals surface area contributed by atoms with Crippen LogP contribution in [0, 0.1) is 5.82 Å². The fourth-order valence-corrected chi connectivity index (χ4v) is 3.89.